The van der Waals surface area contributed by atoms with E-state index >= 15 is 0 Å². The van der Waals surface area contributed by atoms with E-state index in [-0.39, 0.29) is 0 Å². The maximum absolute atomic E-state index is 12.6. The third-order valence-electron chi connectivity index (χ3n) is 4.25. The molecule has 0 N–H and O–H groups in total. The monoisotopic (exact) mass is 389 g/mol. The highest BCUT2D eigenvalue weighted by Gasteiger charge is 2.18. The lowest BCUT2D eigenvalue weighted by atomic mass is 10.0. The zero-order chi connectivity index (χ0) is 19.5. The molecule has 4 rings (SSSR count). The molecule has 0 radical (unpaired) electrons. The number of hydrogen-bond donors (Lipinski definition) is 0. The molecular weight excluding hydrogens is 374 g/mol. The normalized spacial score (nSPS) is 10.6. The number of aldehydes is 1. The Morgan fingerprint density at radius 3 is 2.57 bits per heavy atom. The highest BCUT2D eigenvalue weighted by atomic mass is 32.1. The van der Waals surface area contributed by atoms with Gasteiger partial charge in [-0.3, -0.25) is 4.79 Å². The molecule has 0 spiro atoms. The molecule has 0 aliphatic carbocycles. The van der Waals surface area contributed by atoms with E-state index in [9.17, 15) is 9.59 Å². The molecule has 5 nitrogen and oxygen atoms in total. The van der Waals surface area contributed by atoms with Crippen molar-refractivity contribution in [2.75, 3.05) is 7.11 Å². The van der Waals surface area contributed by atoms with Crippen molar-refractivity contribution in [1.82, 2.24) is 4.98 Å². The number of carbonyl (C=O) groups excluding carboxylic acids is 2. The molecule has 2 aromatic heterocycles. The van der Waals surface area contributed by atoms with Gasteiger partial charge in [0.15, 0.2) is 6.29 Å². The predicted octanol–water partition coefficient (Wildman–Crippen LogP) is 5.00. The summed E-state index contributed by atoms with van der Waals surface area (Å²) < 4.78 is 11.1. The zero-order valence-corrected chi connectivity index (χ0v) is 15.7. The molecule has 0 unspecified atom stereocenters. The highest BCUT2D eigenvalue weighted by molar-refractivity contribution is 7.17. The second-order valence-electron chi connectivity index (χ2n) is 5.94. The molecule has 0 aliphatic rings. The van der Waals surface area contributed by atoms with Gasteiger partial charge in [-0.15, -0.1) is 11.3 Å². The molecule has 0 saturated heterocycles. The average Bonchev–Trinajstić information content (AvgIpc) is 3.23. The van der Waals surface area contributed by atoms with Gasteiger partial charge < -0.3 is 9.47 Å². The van der Waals surface area contributed by atoms with Gasteiger partial charge in [0.05, 0.1) is 17.6 Å². The summed E-state index contributed by atoms with van der Waals surface area (Å²) in [4.78, 5) is 29.5. The summed E-state index contributed by atoms with van der Waals surface area (Å²) in [7, 11) is 1.54. The minimum Gasteiger partial charge on any atom is -0.481 e. The Morgan fingerprint density at radius 2 is 1.86 bits per heavy atom. The van der Waals surface area contributed by atoms with Crippen molar-refractivity contribution in [1.29, 1.82) is 0 Å². The van der Waals surface area contributed by atoms with Crippen molar-refractivity contribution in [2.24, 2.45) is 0 Å². The molecule has 28 heavy (non-hydrogen) atoms. The summed E-state index contributed by atoms with van der Waals surface area (Å²) in [6, 6.07) is 17.8. The van der Waals surface area contributed by atoms with E-state index in [4.69, 9.17) is 9.47 Å². The highest BCUT2D eigenvalue weighted by Crippen LogP contribution is 2.40. The van der Waals surface area contributed by atoms with Crippen LogP contribution < -0.4 is 9.47 Å². The Morgan fingerprint density at radius 1 is 1.04 bits per heavy atom. The van der Waals surface area contributed by atoms with E-state index in [2.05, 4.69) is 4.98 Å². The molecule has 6 heteroatoms. The Kier molecular flexibility index (Phi) is 4.87. The maximum Gasteiger partial charge on any atom is 0.343 e. The van der Waals surface area contributed by atoms with E-state index < -0.39 is 5.97 Å². The van der Waals surface area contributed by atoms with Gasteiger partial charge >= 0.3 is 5.97 Å². The fourth-order valence-electron chi connectivity index (χ4n) is 2.97. The molecule has 0 aliphatic heterocycles. The number of esters is 1. The lowest BCUT2D eigenvalue weighted by Crippen LogP contribution is -2.08. The summed E-state index contributed by atoms with van der Waals surface area (Å²) in [6.07, 6.45) is 2.48. The summed E-state index contributed by atoms with van der Waals surface area (Å²) in [5.74, 6) is 0.390. The minimum atomic E-state index is -0.449. The third-order valence-corrected chi connectivity index (χ3v) is 5.29. The second kappa shape index (κ2) is 7.62. The number of carbonyl (C=O) groups is 2. The van der Waals surface area contributed by atoms with Gasteiger partial charge in [-0.2, -0.15) is 0 Å². The van der Waals surface area contributed by atoms with E-state index in [0.29, 0.717) is 27.5 Å². The van der Waals surface area contributed by atoms with Gasteiger partial charge in [-0.25, -0.2) is 9.78 Å². The van der Waals surface area contributed by atoms with E-state index in [1.54, 1.807) is 55.8 Å². The molecule has 4 aromatic rings. The number of ether oxygens (including phenoxy) is 2. The predicted molar refractivity (Wildman–Crippen MR) is 108 cm³/mol. The number of rotatable bonds is 5. The van der Waals surface area contributed by atoms with Gasteiger partial charge in [0.1, 0.15) is 5.75 Å². The van der Waals surface area contributed by atoms with Crippen LogP contribution in [0.2, 0.25) is 0 Å². The molecule has 0 atom stereocenters. The number of hydrogen-bond acceptors (Lipinski definition) is 6. The van der Waals surface area contributed by atoms with Crippen LogP contribution in [0.15, 0.2) is 66.9 Å². The van der Waals surface area contributed by atoms with Crippen molar-refractivity contribution in [3.8, 4) is 22.1 Å². The average molecular weight is 389 g/mol. The third kappa shape index (κ3) is 3.25. The topological polar surface area (TPSA) is 65.5 Å². The number of thiophene rings is 1. The van der Waals surface area contributed by atoms with Crippen LogP contribution in [0.25, 0.3) is 21.2 Å². The smallest absolute Gasteiger partial charge is 0.343 e. The number of benzene rings is 2. The van der Waals surface area contributed by atoms with Crippen molar-refractivity contribution < 1.29 is 19.1 Å². The fourth-order valence-corrected chi connectivity index (χ4v) is 3.81. The Labute approximate surface area is 165 Å². The van der Waals surface area contributed by atoms with Crippen LogP contribution in [0, 0.1) is 0 Å². The standard InChI is InChI=1S/C22H15NO4S/c1-26-21-16-8-5-9-18(27-22(25)14-6-3-2-4-7-14)20(16)17(12-23-21)19-11-10-15(13-24)28-19/h2-13H,1H3. The first-order valence-corrected chi connectivity index (χ1v) is 9.31. The van der Waals surface area contributed by atoms with Gasteiger partial charge in [-0.05, 0) is 36.4 Å². The van der Waals surface area contributed by atoms with E-state index in [1.807, 2.05) is 18.2 Å². The number of nitrogens with zero attached hydrogens (tertiary/aromatic N) is 1. The largest absolute Gasteiger partial charge is 0.481 e. The zero-order valence-electron chi connectivity index (χ0n) is 14.9. The SMILES string of the molecule is COc1ncc(-c2ccc(C=O)s2)c2c(OC(=O)c3ccccc3)cccc12. The van der Waals surface area contributed by atoms with E-state index in [1.165, 1.54) is 11.3 Å². The van der Waals surface area contributed by atoms with Crippen molar-refractivity contribution in [3.63, 3.8) is 0 Å². The summed E-state index contributed by atoms with van der Waals surface area (Å²) in [5.41, 5.74) is 1.23. The van der Waals surface area contributed by atoms with Crippen LogP contribution in [0.4, 0.5) is 0 Å². The first kappa shape index (κ1) is 17.9. The fraction of sp³-hybridized carbons (Fsp3) is 0.0455. The second-order valence-corrected chi connectivity index (χ2v) is 7.05. The van der Waals surface area contributed by atoms with Crippen LogP contribution in [0.1, 0.15) is 20.0 Å². The first-order chi connectivity index (χ1) is 13.7. The van der Waals surface area contributed by atoms with Crippen LogP contribution in [0.3, 0.4) is 0 Å². The number of aromatic nitrogens is 1. The molecule has 2 aromatic carbocycles. The van der Waals surface area contributed by atoms with Crippen molar-refractivity contribution >= 4 is 34.4 Å². The van der Waals surface area contributed by atoms with E-state index in [0.717, 1.165) is 22.1 Å². The quantitative estimate of drug-likeness (QED) is 0.273. The van der Waals surface area contributed by atoms with Gasteiger partial charge in [0, 0.05) is 27.4 Å². The summed E-state index contributed by atoms with van der Waals surface area (Å²) >= 11 is 1.35. The van der Waals surface area contributed by atoms with Crippen molar-refractivity contribution in [2.45, 2.75) is 0 Å². The molecule has 0 bridgehead atoms. The molecule has 0 fully saturated rings. The molecule has 0 saturated carbocycles. The van der Waals surface area contributed by atoms with Crippen molar-refractivity contribution in [3.05, 3.63) is 77.3 Å². The summed E-state index contributed by atoms with van der Waals surface area (Å²) in [5, 5.41) is 1.43. The number of fused-ring (bicyclic) bond motifs is 1. The summed E-state index contributed by atoms with van der Waals surface area (Å²) in [6.45, 7) is 0. The first-order valence-electron chi connectivity index (χ1n) is 8.49. The van der Waals surface area contributed by atoms with Gasteiger partial charge in [0.2, 0.25) is 5.88 Å². The lowest BCUT2D eigenvalue weighted by molar-refractivity contribution is 0.0737. The lowest BCUT2D eigenvalue weighted by Gasteiger charge is -2.13. The Hall–Kier alpha value is -3.51. The maximum atomic E-state index is 12.6. The minimum absolute atomic E-state index is 0.406. The van der Waals surface area contributed by atoms with Crippen LogP contribution in [-0.4, -0.2) is 24.3 Å². The number of pyridine rings is 1. The molecule has 0 amide bonds. The van der Waals surface area contributed by atoms with Gasteiger partial charge in [0.25, 0.3) is 0 Å². The Balaban J connectivity index is 1.88. The van der Waals surface area contributed by atoms with Gasteiger partial charge in [-0.1, -0.05) is 24.3 Å². The number of methoxy groups -OCH3 is 1. The Bertz CT molecular complexity index is 1170. The van der Waals surface area contributed by atoms with Crippen LogP contribution in [-0.2, 0) is 0 Å². The van der Waals surface area contributed by atoms with Crippen LogP contribution >= 0.6 is 11.3 Å². The molecule has 138 valence electrons. The molecule has 2 heterocycles. The molecular formula is C22H15NO4S. The van der Waals surface area contributed by atoms with Crippen LogP contribution in [0.5, 0.6) is 11.6 Å².